The van der Waals surface area contributed by atoms with Gasteiger partial charge in [-0.15, -0.1) is 0 Å². The Bertz CT molecular complexity index is 1840. The van der Waals surface area contributed by atoms with Crippen molar-refractivity contribution in [3.63, 3.8) is 0 Å². The summed E-state index contributed by atoms with van der Waals surface area (Å²) in [6.45, 7) is 0.228. The molecule has 0 saturated carbocycles. The first kappa shape index (κ1) is 26.4. The number of nitrogens with zero attached hydrogens (tertiary/aromatic N) is 3. The third-order valence-corrected chi connectivity index (χ3v) is 9.17. The van der Waals surface area contributed by atoms with E-state index in [1.165, 1.54) is 0 Å². The van der Waals surface area contributed by atoms with Crippen LogP contribution in [0.2, 0.25) is 0 Å². The third-order valence-electron chi connectivity index (χ3n) is 9.17. The molecule has 0 N–H and O–H groups in total. The zero-order chi connectivity index (χ0) is 29.6. The molecule has 1 spiro atoms. The highest BCUT2D eigenvalue weighted by Crippen LogP contribution is 2.66. The second-order valence-electron chi connectivity index (χ2n) is 11.3. The molecular formula is C37H27N3O3. The summed E-state index contributed by atoms with van der Waals surface area (Å²) in [4.78, 5) is 31.2. The van der Waals surface area contributed by atoms with E-state index < -0.39 is 28.8 Å². The van der Waals surface area contributed by atoms with Crippen molar-refractivity contribution in [2.45, 2.75) is 36.8 Å². The Morgan fingerprint density at radius 2 is 1.33 bits per heavy atom. The Morgan fingerprint density at radius 3 is 1.98 bits per heavy atom. The number of para-hydroxylation sites is 1. The number of benzene rings is 4. The van der Waals surface area contributed by atoms with Gasteiger partial charge >= 0.3 is 0 Å². The number of rotatable bonds is 4. The van der Waals surface area contributed by atoms with Crippen molar-refractivity contribution >= 4 is 17.4 Å². The van der Waals surface area contributed by atoms with Crippen LogP contribution in [0, 0.1) is 28.1 Å². The second kappa shape index (κ2) is 10.1. The molecule has 6 heteroatoms. The van der Waals surface area contributed by atoms with E-state index >= 15 is 4.79 Å². The van der Waals surface area contributed by atoms with Gasteiger partial charge in [-0.25, -0.2) is 0 Å². The number of allylic oxidation sites excluding steroid dienone is 1. The Labute approximate surface area is 250 Å². The minimum Gasteiger partial charge on any atom is -0.489 e. The van der Waals surface area contributed by atoms with Gasteiger partial charge in [0.15, 0.2) is 11.2 Å². The first-order chi connectivity index (χ1) is 21.0. The number of carbonyl (C=O) groups excluding carboxylic acids is 2. The van der Waals surface area contributed by atoms with Crippen LogP contribution in [-0.4, -0.2) is 11.7 Å². The average Bonchev–Trinajstić information content (AvgIpc) is 3.30. The molecule has 2 heterocycles. The summed E-state index contributed by atoms with van der Waals surface area (Å²) in [5.74, 6) is -1.09. The maximum absolute atomic E-state index is 15.2. The van der Waals surface area contributed by atoms with Crippen LogP contribution in [-0.2, 0) is 26.3 Å². The van der Waals surface area contributed by atoms with E-state index in [0.717, 1.165) is 16.7 Å². The molecule has 1 amide bonds. The van der Waals surface area contributed by atoms with Crippen LogP contribution in [0.25, 0.3) is 0 Å². The van der Waals surface area contributed by atoms with Crippen LogP contribution in [0.4, 0.5) is 5.69 Å². The van der Waals surface area contributed by atoms with Gasteiger partial charge < -0.3 is 9.64 Å². The lowest BCUT2D eigenvalue weighted by Gasteiger charge is -2.50. The molecule has 7 rings (SSSR count). The maximum atomic E-state index is 15.2. The van der Waals surface area contributed by atoms with Gasteiger partial charge in [-0.05, 0) is 28.3 Å². The molecule has 208 valence electrons. The Hall–Kier alpha value is -5.46. The molecule has 3 atom stereocenters. The van der Waals surface area contributed by atoms with Gasteiger partial charge in [0, 0.05) is 18.0 Å². The van der Waals surface area contributed by atoms with Gasteiger partial charge in [0.25, 0.3) is 0 Å². The van der Waals surface area contributed by atoms with Crippen LogP contribution in [0.15, 0.2) is 127 Å². The lowest BCUT2D eigenvalue weighted by molar-refractivity contribution is -0.131. The zero-order valence-electron chi connectivity index (χ0n) is 23.3. The molecule has 43 heavy (non-hydrogen) atoms. The molecule has 1 aliphatic carbocycles. The highest BCUT2D eigenvalue weighted by Gasteiger charge is 2.73. The highest BCUT2D eigenvalue weighted by molar-refractivity contribution is 6.18. The Kier molecular flexibility index (Phi) is 6.22. The minimum absolute atomic E-state index is 0.00166. The molecule has 2 aliphatic heterocycles. The van der Waals surface area contributed by atoms with E-state index in [4.69, 9.17) is 4.74 Å². The molecule has 1 unspecified atom stereocenters. The molecule has 0 bridgehead atoms. The standard InChI is InChI=1S/C37H27N3O3/c38-23-36(24-39)29(26-14-6-2-7-15-26)20-33-34(31(41)21-32(43-33)27-16-8-3-9-17-27)37(36)28-18-10-11-19-30(28)40(35(37)42)22-25-12-4-1-5-13-25/h1-19,29,32H,20-22H2/t29-,32+,37?/m1/s1. The fourth-order valence-corrected chi connectivity index (χ4v) is 7.32. The van der Waals surface area contributed by atoms with Crippen LogP contribution in [0.3, 0.4) is 0 Å². The number of fused-ring (bicyclic) bond motifs is 3. The van der Waals surface area contributed by atoms with Gasteiger partial charge in [0.1, 0.15) is 17.3 Å². The minimum atomic E-state index is -1.93. The number of nitriles is 2. The number of hydrogen-bond donors (Lipinski definition) is 0. The summed E-state index contributed by atoms with van der Waals surface area (Å²) < 4.78 is 6.65. The molecule has 0 radical (unpaired) electrons. The van der Waals surface area contributed by atoms with Gasteiger partial charge in [-0.1, -0.05) is 109 Å². The quantitative estimate of drug-likeness (QED) is 0.277. The van der Waals surface area contributed by atoms with E-state index in [1.807, 2.05) is 103 Å². The smallest absolute Gasteiger partial charge is 0.245 e. The van der Waals surface area contributed by atoms with E-state index in [2.05, 4.69) is 12.1 Å². The summed E-state index contributed by atoms with van der Waals surface area (Å²) in [7, 11) is 0. The first-order valence-electron chi connectivity index (χ1n) is 14.4. The molecule has 3 aliphatic rings. The monoisotopic (exact) mass is 561 g/mol. The van der Waals surface area contributed by atoms with Crippen LogP contribution >= 0.6 is 0 Å². The van der Waals surface area contributed by atoms with Crippen molar-refractivity contribution in [1.29, 1.82) is 10.5 Å². The molecular weight excluding hydrogens is 534 g/mol. The molecule has 0 saturated heterocycles. The predicted octanol–water partition coefficient (Wildman–Crippen LogP) is 6.68. The lowest BCUT2D eigenvalue weighted by atomic mass is 9.47. The molecule has 4 aromatic rings. The molecule has 0 fully saturated rings. The second-order valence-corrected chi connectivity index (χ2v) is 11.3. The summed E-state index contributed by atoms with van der Waals surface area (Å²) in [6, 6.07) is 40.4. The summed E-state index contributed by atoms with van der Waals surface area (Å²) in [6.07, 6.45) is -0.391. The summed E-state index contributed by atoms with van der Waals surface area (Å²) in [5.41, 5.74) is -0.105. The Morgan fingerprint density at radius 1 is 0.744 bits per heavy atom. The van der Waals surface area contributed by atoms with E-state index in [9.17, 15) is 15.3 Å². The van der Waals surface area contributed by atoms with Crippen LogP contribution in [0.5, 0.6) is 0 Å². The number of anilines is 1. The fourth-order valence-electron chi connectivity index (χ4n) is 7.32. The van der Waals surface area contributed by atoms with E-state index in [1.54, 1.807) is 17.0 Å². The van der Waals surface area contributed by atoms with Crippen molar-refractivity contribution in [1.82, 2.24) is 0 Å². The van der Waals surface area contributed by atoms with E-state index in [-0.39, 0.29) is 30.7 Å². The number of ether oxygens (including phenoxy) is 1. The van der Waals surface area contributed by atoms with Crippen molar-refractivity contribution in [2.24, 2.45) is 5.41 Å². The molecule has 6 nitrogen and oxygen atoms in total. The fraction of sp³-hybridized carbons (Fsp3) is 0.189. The van der Waals surface area contributed by atoms with Crippen LogP contribution in [0.1, 0.15) is 47.1 Å². The number of amides is 1. The van der Waals surface area contributed by atoms with Gasteiger partial charge in [0.05, 0.1) is 30.7 Å². The number of hydrogen-bond acceptors (Lipinski definition) is 5. The van der Waals surface area contributed by atoms with Crippen LogP contribution < -0.4 is 4.90 Å². The largest absolute Gasteiger partial charge is 0.489 e. The van der Waals surface area contributed by atoms with Gasteiger partial charge in [-0.2, -0.15) is 10.5 Å². The topological polar surface area (TPSA) is 94.2 Å². The van der Waals surface area contributed by atoms with E-state index in [0.29, 0.717) is 17.0 Å². The third kappa shape index (κ3) is 3.70. The van der Waals surface area contributed by atoms with Crippen molar-refractivity contribution in [3.05, 3.63) is 149 Å². The number of carbonyl (C=O) groups is 2. The first-order valence-corrected chi connectivity index (χ1v) is 14.4. The Balaban J connectivity index is 1.52. The number of ketones is 1. The van der Waals surface area contributed by atoms with Crippen molar-refractivity contribution in [3.8, 4) is 12.1 Å². The SMILES string of the molecule is N#CC1(C#N)[C@@H](c2ccccc2)CC2=C(C(=O)C[C@@H](c3ccccc3)O2)C12C(=O)N(Cc1ccccc1)c1ccccc12. The highest BCUT2D eigenvalue weighted by atomic mass is 16.5. The lowest BCUT2D eigenvalue weighted by Crippen LogP contribution is -2.59. The predicted molar refractivity (Wildman–Crippen MR) is 160 cm³/mol. The molecule has 0 aromatic heterocycles. The van der Waals surface area contributed by atoms with Gasteiger partial charge in [-0.3, -0.25) is 9.59 Å². The summed E-state index contributed by atoms with van der Waals surface area (Å²) >= 11 is 0. The summed E-state index contributed by atoms with van der Waals surface area (Å²) in [5, 5.41) is 22.2. The average molecular weight is 562 g/mol. The number of Topliss-reactive ketones (excluding diaryl/α,β-unsaturated/α-hetero) is 1. The van der Waals surface area contributed by atoms with Crippen molar-refractivity contribution in [2.75, 3.05) is 4.90 Å². The zero-order valence-corrected chi connectivity index (χ0v) is 23.3. The van der Waals surface area contributed by atoms with Gasteiger partial charge in [0.2, 0.25) is 5.91 Å². The molecule has 4 aromatic carbocycles. The maximum Gasteiger partial charge on any atom is 0.245 e. The van der Waals surface area contributed by atoms with Crippen molar-refractivity contribution < 1.29 is 14.3 Å². The normalized spacial score (nSPS) is 23.6.